The van der Waals surface area contributed by atoms with Gasteiger partial charge in [0.25, 0.3) is 0 Å². The Morgan fingerprint density at radius 3 is 2.40 bits per heavy atom. The number of allylic oxidation sites excluding steroid dienone is 2. The molecule has 1 heteroatoms. The molecule has 0 radical (unpaired) electrons. The van der Waals surface area contributed by atoms with Crippen molar-refractivity contribution in [3.05, 3.63) is 24.3 Å². The number of ether oxygens (including phenoxy) is 1. The molecule has 1 rings (SSSR count). The predicted molar refractivity (Wildman–Crippen MR) is 43.0 cm³/mol. The minimum absolute atomic E-state index is 0.786. The fraction of sp³-hybridized carbons (Fsp3) is 0.556. The fourth-order valence-electron chi connectivity index (χ4n) is 0.917. The topological polar surface area (TPSA) is 9.23 Å². The molecular weight excluding hydrogens is 124 g/mol. The van der Waals surface area contributed by atoms with E-state index in [2.05, 4.69) is 24.3 Å². The first-order valence-electron chi connectivity index (χ1n) is 3.88. The van der Waals surface area contributed by atoms with Crippen molar-refractivity contribution in [3.8, 4) is 0 Å². The third-order valence-electron chi connectivity index (χ3n) is 1.48. The molecular formula is C9H14O. The Balaban J connectivity index is 2.23. The van der Waals surface area contributed by atoms with Crippen molar-refractivity contribution in [2.24, 2.45) is 0 Å². The van der Waals surface area contributed by atoms with E-state index in [1.807, 2.05) is 0 Å². The van der Waals surface area contributed by atoms with Crippen LogP contribution in [0.15, 0.2) is 24.3 Å². The largest absolute Gasteiger partial charge is 0.377 e. The lowest BCUT2D eigenvalue weighted by Gasteiger charge is -1.98. The van der Waals surface area contributed by atoms with E-state index in [1.54, 1.807) is 0 Å². The zero-order chi connectivity index (χ0) is 7.07. The lowest BCUT2D eigenvalue weighted by atomic mass is 10.2. The van der Waals surface area contributed by atoms with E-state index in [4.69, 9.17) is 4.74 Å². The van der Waals surface area contributed by atoms with Gasteiger partial charge < -0.3 is 4.74 Å². The highest BCUT2D eigenvalue weighted by Crippen LogP contribution is 1.97. The molecule has 0 aliphatic carbocycles. The molecule has 0 saturated carbocycles. The summed E-state index contributed by atoms with van der Waals surface area (Å²) < 4.78 is 5.27. The summed E-state index contributed by atoms with van der Waals surface area (Å²) in [5, 5.41) is 0. The van der Waals surface area contributed by atoms with Crippen LogP contribution in [-0.2, 0) is 4.74 Å². The molecule has 0 unspecified atom stereocenters. The summed E-state index contributed by atoms with van der Waals surface area (Å²) in [6.07, 6.45) is 12.1. The van der Waals surface area contributed by atoms with Crippen LogP contribution in [0.1, 0.15) is 19.3 Å². The van der Waals surface area contributed by atoms with Crippen LogP contribution in [0.2, 0.25) is 0 Å². The van der Waals surface area contributed by atoms with Crippen LogP contribution in [0, 0.1) is 0 Å². The molecule has 0 bridgehead atoms. The highest BCUT2D eigenvalue weighted by Gasteiger charge is 1.84. The highest BCUT2D eigenvalue weighted by molar-refractivity contribution is 4.89. The Morgan fingerprint density at radius 1 is 0.800 bits per heavy atom. The molecule has 0 aromatic carbocycles. The Kier molecular flexibility index (Phi) is 3.96. The fourth-order valence-corrected chi connectivity index (χ4v) is 0.917. The monoisotopic (exact) mass is 138 g/mol. The van der Waals surface area contributed by atoms with E-state index in [-0.39, 0.29) is 0 Å². The van der Waals surface area contributed by atoms with Gasteiger partial charge in [-0.2, -0.15) is 0 Å². The van der Waals surface area contributed by atoms with E-state index >= 15 is 0 Å². The molecule has 0 spiro atoms. The van der Waals surface area contributed by atoms with Crippen LogP contribution in [-0.4, -0.2) is 13.2 Å². The Morgan fingerprint density at radius 2 is 1.50 bits per heavy atom. The summed E-state index contributed by atoms with van der Waals surface area (Å²) in [6.45, 7) is 1.65. The molecule has 0 N–H and O–H groups in total. The van der Waals surface area contributed by atoms with E-state index in [1.165, 1.54) is 6.42 Å². The molecule has 1 heterocycles. The maximum absolute atomic E-state index is 5.27. The standard InChI is InChI=1S/C9H14O/c1-2-4-6-8-10-9-7-5-3-1/h2,4-5,7H,1,3,6,8-9H2/b4-2?,7-5-. The van der Waals surface area contributed by atoms with Gasteiger partial charge in [-0.05, 0) is 19.3 Å². The van der Waals surface area contributed by atoms with Crippen molar-refractivity contribution in [1.82, 2.24) is 0 Å². The zero-order valence-electron chi connectivity index (χ0n) is 6.25. The van der Waals surface area contributed by atoms with Gasteiger partial charge in [-0.3, -0.25) is 0 Å². The van der Waals surface area contributed by atoms with Crippen LogP contribution in [0.5, 0.6) is 0 Å². The average Bonchev–Trinajstić information content (AvgIpc) is 2.01. The van der Waals surface area contributed by atoms with Crippen molar-refractivity contribution in [2.45, 2.75) is 19.3 Å². The van der Waals surface area contributed by atoms with Gasteiger partial charge in [0.2, 0.25) is 0 Å². The molecule has 0 aromatic rings. The molecule has 0 fully saturated rings. The molecule has 1 nitrogen and oxygen atoms in total. The summed E-state index contributed by atoms with van der Waals surface area (Å²) in [4.78, 5) is 0. The molecule has 1 aliphatic heterocycles. The predicted octanol–water partition coefficient (Wildman–Crippen LogP) is 2.30. The average molecular weight is 138 g/mol. The second-order valence-electron chi connectivity index (χ2n) is 2.38. The van der Waals surface area contributed by atoms with E-state index in [9.17, 15) is 0 Å². The van der Waals surface area contributed by atoms with Gasteiger partial charge in [-0.15, -0.1) is 0 Å². The summed E-state index contributed by atoms with van der Waals surface area (Å²) in [6, 6.07) is 0. The van der Waals surface area contributed by atoms with E-state index < -0.39 is 0 Å². The maximum Gasteiger partial charge on any atom is 0.0647 e. The van der Waals surface area contributed by atoms with E-state index in [0.29, 0.717) is 0 Å². The van der Waals surface area contributed by atoms with Crippen LogP contribution < -0.4 is 0 Å². The summed E-state index contributed by atoms with van der Waals surface area (Å²) in [7, 11) is 0. The first kappa shape index (κ1) is 7.55. The normalized spacial score (nSPS) is 24.0. The maximum atomic E-state index is 5.27. The molecule has 56 valence electrons. The summed E-state index contributed by atoms with van der Waals surface area (Å²) in [5.41, 5.74) is 0. The number of hydrogen-bond acceptors (Lipinski definition) is 1. The lowest BCUT2D eigenvalue weighted by Crippen LogP contribution is -1.93. The van der Waals surface area contributed by atoms with Gasteiger partial charge in [-0.25, -0.2) is 0 Å². The zero-order valence-corrected chi connectivity index (χ0v) is 6.25. The first-order chi connectivity index (χ1) is 5.00. The third-order valence-corrected chi connectivity index (χ3v) is 1.48. The lowest BCUT2D eigenvalue weighted by molar-refractivity contribution is 0.167. The van der Waals surface area contributed by atoms with Crippen molar-refractivity contribution in [1.29, 1.82) is 0 Å². The van der Waals surface area contributed by atoms with E-state index in [0.717, 1.165) is 26.1 Å². The van der Waals surface area contributed by atoms with Gasteiger partial charge in [0.1, 0.15) is 0 Å². The van der Waals surface area contributed by atoms with Crippen LogP contribution >= 0.6 is 0 Å². The molecule has 0 atom stereocenters. The third kappa shape index (κ3) is 3.46. The second-order valence-corrected chi connectivity index (χ2v) is 2.38. The second kappa shape index (κ2) is 5.24. The molecule has 1 aliphatic rings. The van der Waals surface area contributed by atoms with Crippen LogP contribution in [0.3, 0.4) is 0 Å². The molecule has 10 heavy (non-hydrogen) atoms. The van der Waals surface area contributed by atoms with Gasteiger partial charge in [0, 0.05) is 0 Å². The summed E-state index contributed by atoms with van der Waals surface area (Å²) >= 11 is 0. The van der Waals surface area contributed by atoms with Crippen molar-refractivity contribution in [2.75, 3.05) is 13.2 Å². The van der Waals surface area contributed by atoms with Gasteiger partial charge >= 0.3 is 0 Å². The van der Waals surface area contributed by atoms with Gasteiger partial charge in [-0.1, -0.05) is 24.3 Å². The SMILES string of the molecule is C1=CCCOC/C=C\CC1. The number of hydrogen-bond donors (Lipinski definition) is 0. The smallest absolute Gasteiger partial charge is 0.0647 e. The molecule has 0 saturated heterocycles. The van der Waals surface area contributed by atoms with Crippen molar-refractivity contribution < 1.29 is 4.74 Å². The minimum Gasteiger partial charge on any atom is -0.377 e. The van der Waals surface area contributed by atoms with Crippen LogP contribution in [0.4, 0.5) is 0 Å². The first-order valence-corrected chi connectivity index (χ1v) is 3.88. The summed E-state index contributed by atoms with van der Waals surface area (Å²) in [5.74, 6) is 0. The Labute approximate surface area is 62.4 Å². The highest BCUT2D eigenvalue weighted by atomic mass is 16.5. The molecule has 0 amide bonds. The Bertz CT molecular complexity index is 109. The quantitative estimate of drug-likeness (QED) is 0.467. The van der Waals surface area contributed by atoms with Crippen molar-refractivity contribution in [3.63, 3.8) is 0 Å². The Hall–Kier alpha value is -0.560. The number of rotatable bonds is 0. The minimum atomic E-state index is 0.786. The van der Waals surface area contributed by atoms with Crippen LogP contribution in [0.25, 0.3) is 0 Å². The van der Waals surface area contributed by atoms with Gasteiger partial charge in [0.05, 0.1) is 13.2 Å². The molecule has 0 aromatic heterocycles. The van der Waals surface area contributed by atoms with Gasteiger partial charge in [0.15, 0.2) is 0 Å². The van der Waals surface area contributed by atoms with Crippen molar-refractivity contribution >= 4 is 0 Å².